The third-order valence-corrected chi connectivity index (χ3v) is 6.50. The monoisotopic (exact) mass is 467 g/mol. The Hall–Kier alpha value is -4.90. The smallest absolute Gasteiger partial charge is 0.227 e. The molecule has 4 nitrogen and oxygen atoms in total. The van der Waals surface area contributed by atoms with Gasteiger partial charge in [-0.15, -0.1) is 0 Å². The number of pyridine rings is 3. The maximum absolute atomic E-state index is 13.3. The van der Waals surface area contributed by atoms with E-state index in [1.807, 2.05) is 60.9 Å². The number of benzene rings is 3. The number of fused-ring (bicyclic) bond motifs is 4. The minimum atomic E-state index is -0.241. The first-order chi connectivity index (χ1) is 17.7. The Bertz CT molecular complexity index is 1890. The molecule has 3 aromatic carbocycles. The molecular weight excluding hydrogens is 449 g/mol. The molecule has 0 unspecified atom stereocenters. The summed E-state index contributed by atoms with van der Waals surface area (Å²) in [5.41, 5.74) is 8.21. The predicted octanol–water partition coefficient (Wildman–Crippen LogP) is 8.06. The van der Waals surface area contributed by atoms with Gasteiger partial charge in [0.05, 0.1) is 11.2 Å². The van der Waals surface area contributed by atoms with Crippen molar-refractivity contribution >= 4 is 33.0 Å². The number of nitrogens with zero attached hydrogens (tertiary/aromatic N) is 3. The second kappa shape index (κ2) is 8.10. The summed E-state index contributed by atoms with van der Waals surface area (Å²) in [5, 5.41) is 3.06. The van der Waals surface area contributed by atoms with Gasteiger partial charge in [-0.3, -0.25) is 9.97 Å². The Morgan fingerprint density at radius 2 is 1.39 bits per heavy atom. The summed E-state index contributed by atoms with van der Waals surface area (Å²) in [4.78, 5) is 13.7. The van der Waals surface area contributed by atoms with E-state index in [1.165, 1.54) is 12.1 Å². The maximum atomic E-state index is 13.3. The zero-order chi connectivity index (χ0) is 24.1. The third-order valence-electron chi connectivity index (χ3n) is 6.50. The largest absolute Gasteiger partial charge is 0.438 e. The summed E-state index contributed by atoms with van der Waals surface area (Å²) in [6.45, 7) is 0. The van der Waals surface area contributed by atoms with E-state index in [4.69, 9.17) is 9.40 Å². The molecule has 0 amide bonds. The lowest BCUT2D eigenvalue weighted by molar-refractivity contribution is 0.628. The van der Waals surface area contributed by atoms with Crippen LogP contribution in [0.15, 0.2) is 114 Å². The molecular formula is C31H18FN3O. The number of hydrogen-bond donors (Lipinski definition) is 0. The van der Waals surface area contributed by atoms with E-state index in [0.717, 1.165) is 60.8 Å². The second-order valence-corrected chi connectivity index (χ2v) is 8.74. The van der Waals surface area contributed by atoms with E-state index in [2.05, 4.69) is 28.2 Å². The van der Waals surface area contributed by atoms with Gasteiger partial charge in [-0.25, -0.2) is 9.37 Å². The SMILES string of the molecule is Fc1ccc(-c2ccc3cc(-c4ccc(-c5ccc6oc7ncccc7c6c5)nc4)cnc3c2)cc1. The molecule has 0 spiro atoms. The van der Waals surface area contributed by atoms with E-state index >= 15 is 0 Å². The molecule has 0 saturated carbocycles. The normalized spacial score (nSPS) is 11.5. The highest BCUT2D eigenvalue weighted by molar-refractivity contribution is 6.04. The zero-order valence-corrected chi connectivity index (χ0v) is 19.0. The highest BCUT2D eigenvalue weighted by Gasteiger charge is 2.10. The Balaban J connectivity index is 1.20. The fourth-order valence-electron chi connectivity index (χ4n) is 4.61. The van der Waals surface area contributed by atoms with Gasteiger partial charge in [-0.05, 0) is 71.8 Å². The molecule has 0 bridgehead atoms. The van der Waals surface area contributed by atoms with Crippen LogP contribution in [-0.2, 0) is 0 Å². The van der Waals surface area contributed by atoms with Crippen molar-refractivity contribution in [2.45, 2.75) is 0 Å². The quantitative estimate of drug-likeness (QED) is 0.264. The van der Waals surface area contributed by atoms with Gasteiger partial charge < -0.3 is 4.42 Å². The maximum Gasteiger partial charge on any atom is 0.227 e. The first-order valence-corrected chi connectivity index (χ1v) is 11.6. The Morgan fingerprint density at radius 1 is 0.583 bits per heavy atom. The summed E-state index contributed by atoms with van der Waals surface area (Å²) in [5.74, 6) is -0.241. The zero-order valence-electron chi connectivity index (χ0n) is 19.0. The van der Waals surface area contributed by atoms with Crippen LogP contribution in [0.3, 0.4) is 0 Å². The van der Waals surface area contributed by atoms with Crippen molar-refractivity contribution in [3.05, 3.63) is 115 Å². The standard InChI is InChI=1S/C31H18FN3O/c32-25-9-5-19(6-10-25)20-3-4-21-14-24(18-35-29(21)16-20)23-7-11-28(34-17-23)22-8-12-30-27(15-22)26-2-1-13-33-31(26)36-30/h1-18H. The molecule has 0 N–H and O–H groups in total. The molecule has 36 heavy (non-hydrogen) atoms. The Labute approximate surface area is 205 Å². The summed E-state index contributed by atoms with van der Waals surface area (Å²) in [7, 11) is 0. The van der Waals surface area contributed by atoms with Crippen molar-refractivity contribution in [1.29, 1.82) is 0 Å². The lowest BCUT2D eigenvalue weighted by Gasteiger charge is -2.07. The van der Waals surface area contributed by atoms with Gasteiger partial charge in [0.25, 0.3) is 0 Å². The van der Waals surface area contributed by atoms with Crippen LogP contribution in [0, 0.1) is 5.82 Å². The van der Waals surface area contributed by atoms with Gasteiger partial charge in [0.2, 0.25) is 5.71 Å². The molecule has 4 heterocycles. The van der Waals surface area contributed by atoms with Crippen molar-refractivity contribution in [2.24, 2.45) is 0 Å². The van der Waals surface area contributed by atoms with E-state index < -0.39 is 0 Å². The van der Waals surface area contributed by atoms with Crippen LogP contribution in [0.2, 0.25) is 0 Å². The minimum Gasteiger partial charge on any atom is -0.438 e. The lowest BCUT2D eigenvalue weighted by Crippen LogP contribution is -1.88. The molecule has 0 radical (unpaired) electrons. The molecule has 5 heteroatoms. The van der Waals surface area contributed by atoms with Crippen molar-refractivity contribution in [3.63, 3.8) is 0 Å². The first kappa shape index (κ1) is 20.5. The van der Waals surface area contributed by atoms with Crippen molar-refractivity contribution in [3.8, 4) is 33.5 Å². The molecule has 7 rings (SSSR count). The van der Waals surface area contributed by atoms with E-state index in [1.54, 1.807) is 18.3 Å². The molecule has 0 saturated heterocycles. The molecule has 7 aromatic rings. The molecule has 0 atom stereocenters. The molecule has 0 aliphatic heterocycles. The van der Waals surface area contributed by atoms with Crippen molar-refractivity contribution < 1.29 is 8.81 Å². The van der Waals surface area contributed by atoms with E-state index in [-0.39, 0.29) is 5.82 Å². The average molecular weight is 468 g/mol. The van der Waals surface area contributed by atoms with Gasteiger partial charge in [0.15, 0.2) is 0 Å². The number of aromatic nitrogens is 3. The number of halogens is 1. The lowest BCUT2D eigenvalue weighted by atomic mass is 10.0. The van der Waals surface area contributed by atoms with E-state index in [0.29, 0.717) is 5.71 Å². The Kier molecular flexibility index (Phi) is 4.61. The molecule has 0 aliphatic rings. The van der Waals surface area contributed by atoms with Crippen molar-refractivity contribution in [1.82, 2.24) is 15.0 Å². The number of hydrogen-bond acceptors (Lipinski definition) is 4. The van der Waals surface area contributed by atoms with E-state index in [9.17, 15) is 4.39 Å². The minimum absolute atomic E-state index is 0.241. The highest BCUT2D eigenvalue weighted by Crippen LogP contribution is 2.32. The number of rotatable bonds is 3. The highest BCUT2D eigenvalue weighted by atomic mass is 19.1. The molecule has 4 aromatic heterocycles. The van der Waals surface area contributed by atoms with Crippen LogP contribution in [0.5, 0.6) is 0 Å². The average Bonchev–Trinajstić information content (AvgIpc) is 3.31. The summed E-state index contributed by atoms with van der Waals surface area (Å²) in [6.07, 6.45) is 5.48. The second-order valence-electron chi connectivity index (χ2n) is 8.74. The third kappa shape index (κ3) is 3.49. The first-order valence-electron chi connectivity index (χ1n) is 11.6. The summed E-state index contributed by atoms with van der Waals surface area (Å²) < 4.78 is 19.1. The van der Waals surface area contributed by atoms with Gasteiger partial charge in [0.1, 0.15) is 11.4 Å². The van der Waals surface area contributed by atoms with Crippen LogP contribution in [0.1, 0.15) is 0 Å². The topological polar surface area (TPSA) is 51.8 Å². The fraction of sp³-hybridized carbons (Fsp3) is 0. The van der Waals surface area contributed by atoms with Crippen LogP contribution >= 0.6 is 0 Å². The van der Waals surface area contributed by atoms with Gasteiger partial charge in [0, 0.05) is 51.4 Å². The van der Waals surface area contributed by atoms with Gasteiger partial charge in [-0.2, -0.15) is 0 Å². The predicted molar refractivity (Wildman–Crippen MR) is 141 cm³/mol. The van der Waals surface area contributed by atoms with Crippen LogP contribution in [0.4, 0.5) is 4.39 Å². The number of furan rings is 1. The van der Waals surface area contributed by atoms with Crippen LogP contribution < -0.4 is 0 Å². The van der Waals surface area contributed by atoms with Crippen LogP contribution in [0.25, 0.3) is 66.5 Å². The van der Waals surface area contributed by atoms with Crippen molar-refractivity contribution in [2.75, 3.05) is 0 Å². The van der Waals surface area contributed by atoms with Crippen LogP contribution in [-0.4, -0.2) is 15.0 Å². The van der Waals surface area contributed by atoms with Gasteiger partial charge >= 0.3 is 0 Å². The fourth-order valence-corrected chi connectivity index (χ4v) is 4.61. The molecule has 0 aliphatic carbocycles. The summed E-state index contributed by atoms with van der Waals surface area (Å²) >= 11 is 0. The van der Waals surface area contributed by atoms with Gasteiger partial charge in [-0.1, -0.05) is 30.3 Å². The summed E-state index contributed by atoms with van der Waals surface area (Å²) in [6, 6.07) is 28.8. The Morgan fingerprint density at radius 3 is 2.25 bits per heavy atom. The molecule has 0 fully saturated rings. The molecule has 170 valence electrons.